The lowest BCUT2D eigenvalue weighted by Gasteiger charge is -2.15. The third-order valence-corrected chi connectivity index (χ3v) is 5.11. The topological polar surface area (TPSA) is 55.1 Å². The molecule has 1 fully saturated rings. The molecule has 110 valence electrons. The Morgan fingerprint density at radius 1 is 1.40 bits per heavy atom. The van der Waals surface area contributed by atoms with Crippen molar-refractivity contribution in [3.05, 3.63) is 24.3 Å². The summed E-state index contributed by atoms with van der Waals surface area (Å²) in [5.41, 5.74) is 6.51. The van der Waals surface area contributed by atoms with E-state index in [4.69, 9.17) is 5.73 Å². The van der Waals surface area contributed by atoms with Crippen LogP contribution in [0, 0.1) is 5.92 Å². The van der Waals surface area contributed by atoms with Crippen LogP contribution in [0.25, 0.3) is 0 Å². The van der Waals surface area contributed by atoms with Crippen molar-refractivity contribution in [2.24, 2.45) is 11.7 Å². The number of amides is 1. The predicted molar refractivity (Wildman–Crippen MR) is 86.0 cm³/mol. The molecule has 1 aromatic carbocycles. The maximum absolute atomic E-state index is 12.0. The van der Waals surface area contributed by atoms with Crippen molar-refractivity contribution in [2.75, 3.05) is 11.9 Å². The van der Waals surface area contributed by atoms with Crippen LogP contribution in [-0.4, -0.2) is 17.7 Å². The van der Waals surface area contributed by atoms with Crippen LogP contribution in [0.15, 0.2) is 29.2 Å². The number of nitrogens with two attached hydrogens (primary N) is 1. The summed E-state index contributed by atoms with van der Waals surface area (Å²) >= 11 is 1.91. The molecule has 1 aliphatic carbocycles. The van der Waals surface area contributed by atoms with Crippen molar-refractivity contribution in [2.45, 2.75) is 49.2 Å². The van der Waals surface area contributed by atoms with Crippen molar-refractivity contribution in [1.29, 1.82) is 0 Å². The third kappa shape index (κ3) is 4.53. The number of carbonyl (C=O) groups is 1. The Balaban J connectivity index is 1.98. The highest BCUT2D eigenvalue weighted by Crippen LogP contribution is 2.38. The van der Waals surface area contributed by atoms with E-state index in [0.717, 1.165) is 5.69 Å². The van der Waals surface area contributed by atoms with Gasteiger partial charge < -0.3 is 11.1 Å². The second kappa shape index (κ2) is 7.70. The summed E-state index contributed by atoms with van der Waals surface area (Å²) in [6.07, 6.45) is 5.73. The van der Waals surface area contributed by atoms with E-state index in [0.29, 0.717) is 18.2 Å². The zero-order valence-corrected chi connectivity index (χ0v) is 12.9. The fourth-order valence-corrected chi connectivity index (χ4v) is 3.79. The zero-order chi connectivity index (χ0) is 14.4. The first kappa shape index (κ1) is 15.4. The molecular weight excluding hydrogens is 268 g/mol. The first-order chi connectivity index (χ1) is 9.69. The second-order valence-electron chi connectivity index (χ2n) is 5.61. The summed E-state index contributed by atoms with van der Waals surface area (Å²) in [7, 11) is 0. The smallest absolute Gasteiger partial charge is 0.224 e. The Labute approximate surface area is 125 Å². The van der Waals surface area contributed by atoms with Gasteiger partial charge in [-0.1, -0.05) is 31.9 Å². The van der Waals surface area contributed by atoms with Gasteiger partial charge in [0.15, 0.2) is 0 Å². The van der Waals surface area contributed by atoms with Crippen molar-refractivity contribution in [3.63, 3.8) is 0 Å². The monoisotopic (exact) mass is 292 g/mol. The van der Waals surface area contributed by atoms with Gasteiger partial charge in [-0.3, -0.25) is 4.79 Å². The van der Waals surface area contributed by atoms with Gasteiger partial charge in [0.2, 0.25) is 5.91 Å². The van der Waals surface area contributed by atoms with E-state index in [1.165, 1.54) is 30.6 Å². The lowest BCUT2D eigenvalue weighted by Crippen LogP contribution is -2.20. The van der Waals surface area contributed by atoms with Crippen LogP contribution in [0.4, 0.5) is 5.69 Å². The summed E-state index contributed by atoms with van der Waals surface area (Å²) in [4.78, 5) is 13.2. The number of benzene rings is 1. The highest BCUT2D eigenvalue weighted by molar-refractivity contribution is 8.00. The molecule has 0 heterocycles. The Morgan fingerprint density at radius 2 is 2.10 bits per heavy atom. The van der Waals surface area contributed by atoms with Crippen LogP contribution in [0.2, 0.25) is 0 Å². The summed E-state index contributed by atoms with van der Waals surface area (Å²) in [5, 5.41) is 3.74. The van der Waals surface area contributed by atoms with E-state index in [1.807, 2.05) is 36.9 Å². The molecule has 1 amide bonds. The minimum absolute atomic E-state index is 0.0578. The average molecular weight is 292 g/mol. The van der Waals surface area contributed by atoms with E-state index in [2.05, 4.69) is 11.4 Å². The van der Waals surface area contributed by atoms with Gasteiger partial charge >= 0.3 is 0 Å². The highest BCUT2D eigenvalue weighted by Gasteiger charge is 2.18. The van der Waals surface area contributed by atoms with Crippen LogP contribution in [-0.2, 0) is 4.79 Å². The van der Waals surface area contributed by atoms with E-state index in [1.54, 1.807) is 0 Å². The lowest BCUT2D eigenvalue weighted by molar-refractivity contribution is -0.116. The largest absolute Gasteiger partial charge is 0.330 e. The number of thioether (sulfide) groups is 1. The van der Waals surface area contributed by atoms with Gasteiger partial charge in [0, 0.05) is 16.6 Å². The molecule has 4 heteroatoms. The van der Waals surface area contributed by atoms with Crippen molar-refractivity contribution >= 4 is 23.4 Å². The molecule has 20 heavy (non-hydrogen) atoms. The van der Waals surface area contributed by atoms with Gasteiger partial charge in [-0.2, -0.15) is 0 Å². The van der Waals surface area contributed by atoms with Crippen LogP contribution in [0.3, 0.4) is 0 Å². The number of anilines is 1. The molecule has 0 bridgehead atoms. The first-order valence-electron chi connectivity index (χ1n) is 7.44. The molecule has 3 N–H and O–H groups in total. The summed E-state index contributed by atoms with van der Waals surface area (Å²) in [6.45, 7) is 2.55. The van der Waals surface area contributed by atoms with Gasteiger partial charge in [0.05, 0.1) is 5.69 Å². The molecule has 1 aliphatic rings. The number of hydrogen-bond donors (Lipinski definition) is 2. The lowest BCUT2D eigenvalue weighted by atomic mass is 10.1. The van der Waals surface area contributed by atoms with E-state index in [9.17, 15) is 4.79 Å². The van der Waals surface area contributed by atoms with Gasteiger partial charge in [-0.05, 0) is 37.4 Å². The van der Waals surface area contributed by atoms with Crippen LogP contribution < -0.4 is 11.1 Å². The fourth-order valence-electron chi connectivity index (χ4n) is 2.46. The Morgan fingerprint density at radius 3 is 2.80 bits per heavy atom. The van der Waals surface area contributed by atoms with Gasteiger partial charge in [0.1, 0.15) is 0 Å². The molecule has 0 saturated heterocycles. The molecule has 1 saturated carbocycles. The molecule has 1 atom stereocenters. The third-order valence-electron chi connectivity index (χ3n) is 3.69. The van der Waals surface area contributed by atoms with Crippen LogP contribution in [0.5, 0.6) is 0 Å². The molecule has 0 aromatic heterocycles. The number of hydrogen-bond acceptors (Lipinski definition) is 3. The highest BCUT2D eigenvalue weighted by atomic mass is 32.2. The normalized spacial score (nSPS) is 17.1. The van der Waals surface area contributed by atoms with Crippen molar-refractivity contribution in [1.82, 2.24) is 0 Å². The van der Waals surface area contributed by atoms with Gasteiger partial charge in [0.25, 0.3) is 0 Å². The second-order valence-corrected chi connectivity index (χ2v) is 6.96. The summed E-state index contributed by atoms with van der Waals surface area (Å²) in [5.74, 6) is 0.284. The Bertz CT molecular complexity index is 444. The van der Waals surface area contributed by atoms with E-state index in [-0.39, 0.29) is 11.8 Å². The Hall–Kier alpha value is -1.00. The molecule has 1 unspecified atom stereocenters. The van der Waals surface area contributed by atoms with Crippen molar-refractivity contribution < 1.29 is 4.79 Å². The first-order valence-corrected chi connectivity index (χ1v) is 8.32. The molecule has 0 spiro atoms. The van der Waals surface area contributed by atoms with Crippen LogP contribution >= 0.6 is 11.8 Å². The maximum atomic E-state index is 12.0. The number of para-hydroxylation sites is 1. The van der Waals surface area contributed by atoms with Crippen molar-refractivity contribution in [3.8, 4) is 0 Å². The van der Waals surface area contributed by atoms with Crippen LogP contribution in [0.1, 0.15) is 39.0 Å². The number of rotatable bonds is 6. The zero-order valence-electron chi connectivity index (χ0n) is 12.1. The summed E-state index contributed by atoms with van der Waals surface area (Å²) in [6, 6.07) is 8.10. The maximum Gasteiger partial charge on any atom is 0.224 e. The average Bonchev–Trinajstić information content (AvgIpc) is 2.93. The molecule has 2 rings (SSSR count). The van der Waals surface area contributed by atoms with Gasteiger partial charge in [-0.25, -0.2) is 0 Å². The molecule has 0 radical (unpaired) electrons. The summed E-state index contributed by atoms with van der Waals surface area (Å²) < 4.78 is 0. The van der Waals surface area contributed by atoms with E-state index < -0.39 is 0 Å². The fraction of sp³-hybridized carbons (Fsp3) is 0.562. The Kier molecular flexibility index (Phi) is 5.92. The minimum atomic E-state index is 0.0578. The minimum Gasteiger partial charge on any atom is -0.330 e. The molecule has 1 aromatic rings. The predicted octanol–water partition coefficient (Wildman–Crippen LogP) is 3.64. The van der Waals surface area contributed by atoms with E-state index >= 15 is 0 Å². The number of carbonyl (C=O) groups excluding carboxylic acids is 1. The molecule has 0 aliphatic heterocycles. The standard InChI is InChI=1S/C16H24N2OS/c1-12(11-17)10-16(19)18-14-8-4-5-9-15(14)20-13-6-2-3-7-13/h4-5,8-9,12-13H,2-3,6-7,10-11,17H2,1H3,(H,18,19). The molecule has 3 nitrogen and oxygen atoms in total. The number of nitrogens with one attached hydrogen (secondary N) is 1. The SMILES string of the molecule is CC(CN)CC(=O)Nc1ccccc1SC1CCCC1. The van der Waals surface area contributed by atoms with Gasteiger partial charge in [-0.15, -0.1) is 11.8 Å². The quantitative estimate of drug-likeness (QED) is 0.841. The molecular formula is C16H24N2OS.